The number of hydrogen-bond acceptors (Lipinski definition) is 4. The highest BCUT2D eigenvalue weighted by atomic mass is 16.5. The smallest absolute Gasteiger partial charge is 0.140 e. The zero-order chi connectivity index (χ0) is 14.2. The van der Waals surface area contributed by atoms with Gasteiger partial charge >= 0.3 is 0 Å². The molecule has 0 spiro atoms. The molecule has 0 fully saturated rings. The number of rotatable bonds is 8. The number of hydrogen-bond donors (Lipinski definition) is 1. The maximum absolute atomic E-state index is 5.68. The molecule has 1 aromatic heterocycles. The summed E-state index contributed by atoms with van der Waals surface area (Å²) >= 11 is 0. The zero-order valence-corrected chi connectivity index (χ0v) is 12.2. The first-order valence-corrected chi connectivity index (χ1v) is 7.06. The second kappa shape index (κ2) is 7.65. The summed E-state index contributed by atoms with van der Waals surface area (Å²) in [7, 11) is 0. The Bertz CT molecular complexity index is 524. The first-order chi connectivity index (χ1) is 9.79. The van der Waals surface area contributed by atoms with Crippen LogP contribution in [0.1, 0.15) is 24.7 Å². The molecule has 0 atom stereocenters. The van der Waals surface area contributed by atoms with Gasteiger partial charge in [-0.1, -0.05) is 19.1 Å². The van der Waals surface area contributed by atoms with Crippen molar-refractivity contribution in [3.8, 4) is 5.75 Å². The average molecular weight is 274 g/mol. The van der Waals surface area contributed by atoms with E-state index in [1.54, 1.807) is 6.33 Å². The molecule has 1 N–H and O–H groups in total. The molecule has 1 heterocycles. The SMILES string of the molecule is CCCn1ncnc1CNCCOc1cccc(C)c1. The molecular formula is C15H22N4O. The van der Waals surface area contributed by atoms with Crippen LogP contribution in [0.4, 0.5) is 0 Å². The van der Waals surface area contributed by atoms with Crippen molar-refractivity contribution in [3.05, 3.63) is 42.0 Å². The highest BCUT2D eigenvalue weighted by molar-refractivity contribution is 5.27. The van der Waals surface area contributed by atoms with Crippen molar-refractivity contribution in [2.24, 2.45) is 0 Å². The van der Waals surface area contributed by atoms with Gasteiger partial charge in [0, 0.05) is 13.1 Å². The lowest BCUT2D eigenvalue weighted by molar-refractivity contribution is 0.312. The number of aryl methyl sites for hydroxylation is 2. The fraction of sp³-hybridized carbons (Fsp3) is 0.467. The van der Waals surface area contributed by atoms with Gasteiger partial charge in [-0.3, -0.25) is 0 Å². The van der Waals surface area contributed by atoms with Crippen molar-refractivity contribution in [2.75, 3.05) is 13.2 Å². The van der Waals surface area contributed by atoms with Crippen LogP contribution in [0, 0.1) is 6.92 Å². The summed E-state index contributed by atoms with van der Waals surface area (Å²) in [5, 5.41) is 7.52. The number of aromatic nitrogens is 3. The molecule has 0 saturated heterocycles. The Hall–Kier alpha value is -1.88. The predicted octanol–water partition coefficient (Wildman–Crippen LogP) is 2.17. The molecule has 2 rings (SSSR count). The molecule has 0 aliphatic heterocycles. The van der Waals surface area contributed by atoms with E-state index in [9.17, 15) is 0 Å². The first kappa shape index (κ1) is 14.5. The molecule has 5 nitrogen and oxygen atoms in total. The van der Waals surface area contributed by atoms with Gasteiger partial charge in [0.2, 0.25) is 0 Å². The Balaban J connectivity index is 1.67. The summed E-state index contributed by atoms with van der Waals surface area (Å²) in [6.45, 7) is 7.26. The van der Waals surface area contributed by atoms with Crippen LogP contribution in [0.15, 0.2) is 30.6 Å². The molecule has 0 aliphatic rings. The van der Waals surface area contributed by atoms with E-state index < -0.39 is 0 Å². The normalized spacial score (nSPS) is 10.7. The monoisotopic (exact) mass is 274 g/mol. The summed E-state index contributed by atoms with van der Waals surface area (Å²) in [4.78, 5) is 4.25. The van der Waals surface area contributed by atoms with Crippen molar-refractivity contribution >= 4 is 0 Å². The van der Waals surface area contributed by atoms with E-state index in [0.717, 1.165) is 37.6 Å². The number of nitrogens with zero attached hydrogens (tertiary/aromatic N) is 3. The third-order valence-electron chi connectivity index (χ3n) is 2.95. The van der Waals surface area contributed by atoms with Crippen molar-refractivity contribution in [1.82, 2.24) is 20.1 Å². The van der Waals surface area contributed by atoms with Crippen LogP contribution in [0.5, 0.6) is 5.75 Å². The molecule has 108 valence electrons. The Morgan fingerprint density at radius 3 is 3.05 bits per heavy atom. The van der Waals surface area contributed by atoms with E-state index >= 15 is 0 Å². The molecular weight excluding hydrogens is 252 g/mol. The lowest BCUT2D eigenvalue weighted by Gasteiger charge is -2.08. The summed E-state index contributed by atoms with van der Waals surface area (Å²) in [5.41, 5.74) is 1.21. The second-order valence-electron chi connectivity index (χ2n) is 4.74. The quantitative estimate of drug-likeness (QED) is 0.750. The van der Waals surface area contributed by atoms with Gasteiger partial charge in [0.1, 0.15) is 24.5 Å². The lowest BCUT2D eigenvalue weighted by atomic mass is 10.2. The van der Waals surface area contributed by atoms with E-state index in [1.165, 1.54) is 5.56 Å². The van der Waals surface area contributed by atoms with Gasteiger partial charge in [-0.2, -0.15) is 5.10 Å². The van der Waals surface area contributed by atoms with E-state index in [1.807, 2.05) is 22.9 Å². The molecule has 0 saturated carbocycles. The average Bonchev–Trinajstić information content (AvgIpc) is 2.86. The van der Waals surface area contributed by atoms with Gasteiger partial charge in [0.05, 0.1) is 6.54 Å². The fourth-order valence-corrected chi connectivity index (χ4v) is 1.97. The topological polar surface area (TPSA) is 52.0 Å². The van der Waals surface area contributed by atoms with Gasteiger partial charge < -0.3 is 10.1 Å². The molecule has 0 unspecified atom stereocenters. The minimum Gasteiger partial charge on any atom is -0.492 e. The lowest BCUT2D eigenvalue weighted by Crippen LogP contribution is -2.23. The van der Waals surface area contributed by atoms with Crippen LogP contribution < -0.4 is 10.1 Å². The molecule has 0 amide bonds. The van der Waals surface area contributed by atoms with Crippen LogP contribution in [0.3, 0.4) is 0 Å². The zero-order valence-electron chi connectivity index (χ0n) is 12.2. The van der Waals surface area contributed by atoms with Gasteiger partial charge in [-0.25, -0.2) is 9.67 Å². The molecule has 0 bridgehead atoms. The highest BCUT2D eigenvalue weighted by Crippen LogP contribution is 2.11. The maximum Gasteiger partial charge on any atom is 0.140 e. The van der Waals surface area contributed by atoms with Crippen LogP contribution in [-0.4, -0.2) is 27.9 Å². The van der Waals surface area contributed by atoms with Crippen molar-refractivity contribution in [3.63, 3.8) is 0 Å². The number of benzene rings is 1. The minimum absolute atomic E-state index is 0.644. The Kier molecular flexibility index (Phi) is 5.55. The Morgan fingerprint density at radius 1 is 1.35 bits per heavy atom. The molecule has 2 aromatic rings. The largest absolute Gasteiger partial charge is 0.492 e. The van der Waals surface area contributed by atoms with Crippen LogP contribution >= 0.6 is 0 Å². The summed E-state index contributed by atoms with van der Waals surface area (Å²) < 4.78 is 7.62. The van der Waals surface area contributed by atoms with E-state index in [-0.39, 0.29) is 0 Å². The molecule has 0 aliphatic carbocycles. The van der Waals surface area contributed by atoms with Gasteiger partial charge in [-0.05, 0) is 31.0 Å². The molecule has 5 heteroatoms. The summed E-state index contributed by atoms with van der Waals surface area (Å²) in [6.07, 6.45) is 2.67. The van der Waals surface area contributed by atoms with Gasteiger partial charge in [0.25, 0.3) is 0 Å². The first-order valence-electron chi connectivity index (χ1n) is 7.06. The Morgan fingerprint density at radius 2 is 2.25 bits per heavy atom. The maximum atomic E-state index is 5.68. The number of ether oxygens (including phenoxy) is 1. The molecule has 20 heavy (non-hydrogen) atoms. The third kappa shape index (κ3) is 4.35. The van der Waals surface area contributed by atoms with Crippen LogP contribution in [0.2, 0.25) is 0 Å². The molecule has 0 radical (unpaired) electrons. The predicted molar refractivity (Wildman–Crippen MR) is 78.7 cm³/mol. The fourth-order valence-electron chi connectivity index (χ4n) is 1.97. The third-order valence-corrected chi connectivity index (χ3v) is 2.95. The van der Waals surface area contributed by atoms with Crippen molar-refractivity contribution in [2.45, 2.75) is 33.4 Å². The van der Waals surface area contributed by atoms with Gasteiger partial charge in [-0.15, -0.1) is 0 Å². The Labute approximate surface area is 120 Å². The van der Waals surface area contributed by atoms with E-state index in [4.69, 9.17) is 4.74 Å². The van der Waals surface area contributed by atoms with E-state index in [0.29, 0.717) is 6.61 Å². The molecule has 1 aromatic carbocycles. The highest BCUT2D eigenvalue weighted by Gasteiger charge is 2.02. The summed E-state index contributed by atoms with van der Waals surface area (Å²) in [6, 6.07) is 8.08. The van der Waals surface area contributed by atoms with Crippen molar-refractivity contribution in [1.29, 1.82) is 0 Å². The number of nitrogens with one attached hydrogen (secondary N) is 1. The summed E-state index contributed by atoms with van der Waals surface area (Å²) in [5.74, 6) is 1.89. The van der Waals surface area contributed by atoms with Crippen LogP contribution in [0.25, 0.3) is 0 Å². The van der Waals surface area contributed by atoms with Crippen molar-refractivity contribution < 1.29 is 4.74 Å². The van der Waals surface area contributed by atoms with Crippen LogP contribution in [-0.2, 0) is 13.1 Å². The van der Waals surface area contributed by atoms with Gasteiger partial charge in [0.15, 0.2) is 0 Å². The standard InChI is InChI=1S/C15H22N4O/c1-3-8-19-15(17-12-18-19)11-16-7-9-20-14-6-4-5-13(2)10-14/h4-6,10,12,16H,3,7-9,11H2,1-2H3. The minimum atomic E-state index is 0.644. The second-order valence-corrected chi connectivity index (χ2v) is 4.74. The van der Waals surface area contributed by atoms with E-state index in [2.05, 4.69) is 35.3 Å².